The Morgan fingerprint density at radius 1 is 1.80 bits per heavy atom. The molecule has 0 spiro atoms. The van der Waals surface area contributed by atoms with Gasteiger partial charge in [0.05, 0.1) is 5.70 Å². The largest absolute Gasteiger partial charge is 0.453 e. The number of aliphatic hydroxyl groups is 1. The van der Waals surface area contributed by atoms with Crippen molar-refractivity contribution < 1.29 is 14.6 Å². The molecule has 0 amide bonds. The molecule has 56 valence electrons. The second kappa shape index (κ2) is 2.70. The number of carbonyl (C=O) groups excluding carboxylic acids is 1. The van der Waals surface area contributed by atoms with Crippen molar-refractivity contribution in [2.75, 3.05) is 6.61 Å². The fourth-order valence-electron chi connectivity index (χ4n) is 0.814. The molecule has 1 aliphatic rings. The van der Waals surface area contributed by atoms with Crippen molar-refractivity contribution in [3.8, 4) is 0 Å². The van der Waals surface area contributed by atoms with E-state index in [0.717, 1.165) is 0 Å². The third kappa shape index (κ3) is 1.27. The Hall–Kier alpha value is -1.03. The summed E-state index contributed by atoms with van der Waals surface area (Å²) in [5.74, 6) is -0.420. The van der Waals surface area contributed by atoms with Crippen LogP contribution in [0.3, 0.4) is 0 Å². The van der Waals surface area contributed by atoms with Crippen molar-refractivity contribution >= 4 is 5.97 Å². The quantitative estimate of drug-likeness (QED) is 0.493. The third-order valence-electron chi connectivity index (χ3n) is 1.31. The van der Waals surface area contributed by atoms with Crippen molar-refractivity contribution in [2.45, 2.75) is 12.5 Å². The molecule has 0 aromatic rings. The lowest BCUT2D eigenvalue weighted by molar-refractivity contribution is -0.139. The molecular weight excluding hydrogens is 134 g/mol. The average Bonchev–Trinajstić information content (AvgIpc) is 2.13. The highest BCUT2D eigenvalue weighted by Gasteiger charge is 2.22. The Labute approximate surface area is 58.3 Å². The van der Waals surface area contributed by atoms with Gasteiger partial charge >= 0.3 is 5.97 Å². The van der Waals surface area contributed by atoms with Gasteiger partial charge in [0.25, 0.3) is 0 Å². The van der Waals surface area contributed by atoms with Gasteiger partial charge in [-0.25, -0.2) is 4.79 Å². The van der Waals surface area contributed by atoms with Gasteiger partial charge < -0.3 is 15.6 Å². The zero-order valence-corrected chi connectivity index (χ0v) is 5.41. The highest BCUT2D eigenvalue weighted by atomic mass is 16.5. The lowest BCUT2D eigenvalue weighted by Crippen LogP contribution is -2.17. The Balaban J connectivity index is 2.51. The number of esters is 1. The van der Waals surface area contributed by atoms with Gasteiger partial charge in [0.1, 0.15) is 6.10 Å². The molecule has 0 saturated carbocycles. The van der Waals surface area contributed by atoms with Crippen LogP contribution in [0, 0.1) is 0 Å². The number of nitrogens with two attached hydrogens (primary N) is 1. The molecule has 3 N–H and O–H groups in total. The van der Waals surface area contributed by atoms with Crippen LogP contribution in [0.1, 0.15) is 6.42 Å². The zero-order chi connectivity index (χ0) is 7.56. The van der Waals surface area contributed by atoms with Gasteiger partial charge in [0.2, 0.25) is 0 Å². The number of carbonyl (C=O) groups is 1. The van der Waals surface area contributed by atoms with Crippen LogP contribution in [-0.2, 0) is 9.53 Å². The van der Waals surface area contributed by atoms with Crippen LogP contribution in [0.5, 0.6) is 0 Å². The van der Waals surface area contributed by atoms with E-state index < -0.39 is 12.1 Å². The highest BCUT2D eigenvalue weighted by molar-refractivity contribution is 5.85. The second-order valence-corrected chi connectivity index (χ2v) is 2.08. The standard InChI is InChI=1S/C6H9NO3/c7-4-3-6(9)10-5(4)1-2-8/h3,5,8H,1-2,7H2. The van der Waals surface area contributed by atoms with Gasteiger partial charge in [-0.2, -0.15) is 0 Å². The Bertz CT molecular complexity index is 176. The molecule has 0 aromatic carbocycles. The maximum Gasteiger partial charge on any atom is 0.333 e. The summed E-state index contributed by atoms with van der Waals surface area (Å²) in [6, 6.07) is 0. The molecule has 1 rings (SSSR count). The molecule has 0 radical (unpaired) electrons. The van der Waals surface area contributed by atoms with Gasteiger partial charge in [-0.05, 0) is 0 Å². The number of cyclic esters (lactones) is 1. The Kier molecular flexibility index (Phi) is 1.91. The summed E-state index contributed by atoms with van der Waals surface area (Å²) in [7, 11) is 0. The van der Waals surface area contributed by atoms with Crippen LogP contribution in [0.25, 0.3) is 0 Å². The molecule has 0 aliphatic carbocycles. The van der Waals surface area contributed by atoms with E-state index in [2.05, 4.69) is 0 Å². The van der Waals surface area contributed by atoms with Crippen molar-refractivity contribution in [1.29, 1.82) is 0 Å². The average molecular weight is 143 g/mol. The van der Waals surface area contributed by atoms with Gasteiger partial charge in [-0.1, -0.05) is 0 Å². The number of hydrogen-bond acceptors (Lipinski definition) is 4. The van der Waals surface area contributed by atoms with Crippen LogP contribution < -0.4 is 5.73 Å². The number of ether oxygens (including phenoxy) is 1. The first kappa shape index (κ1) is 7.08. The first-order chi connectivity index (χ1) is 4.74. The summed E-state index contributed by atoms with van der Waals surface area (Å²) in [6.45, 7) is -0.0213. The van der Waals surface area contributed by atoms with Crippen molar-refractivity contribution in [1.82, 2.24) is 0 Å². The van der Waals surface area contributed by atoms with Gasteiger partial charge in [0, 0.05) is 19.1 Å². The second-order valence-electron chi connectivity index (χ2n) is 2.08. The minimum Gasteiger partial charge on any atom is -0.453 e. The van der Waals surface area contributed by atoms with E-state index in [9.17, 15) is 4.79 Å². The minimum absolute atomic E-state index is 0.0213. The van der Waals surface area contributed by atoms with E-state index in [-0.39, 0.29) is 6.61 Å². The monoisotopic (exact) mass is 143 g/mol. The molecule has 4 nitrogen and oxygen atoms in total. The van der Waals surface area contributed by atoms with Crippen LogP contribution in [0.4, 0.5) is 0 Å². The lowest BCUT2D eigenvalue weighted by Gasteiger charge is -2.07. The van der Waals surface area contributed by atoms with Gasteiger partial charge in [-0.3, -0.25) is 0 Å². The first-order valence-electron chi connectivity index (χ1n) is 3.02. The van der Waals surface area contributed by atoms with E-state index in [1.807, 2.05) is 0 Å². The predicted octanol–water partition coefficient (Wildman–Crippen LogP) is -0.863. The Morgan fingerprint density at radius 3 is 2.90 bits per heavy atom. The number of rotatable bonds is 2. The summed E-state index contributed by atoms with van der Waals surface area (Å²) >= 11 is 0. The summed E-state index contributed by atoms with van der Waals surface area (Å²) in [4.78, 5) is 10.5. The molecule has 1 atom stereocenters. The molecule has 1 aliphatic heterocycles. The Morgan fingerprint density at radius 2 is 2.50 bits per heavy atom. The summed E-state index contributed by atoms with van der Waals surface area (Å²) < 4.78 is 4.70. The number of aliphatic hydroxyl groups excluding tert-OH is 1. The summed E-state index contributed by atoms with van der Waals surface area (Å²) in [6.07, 6.45) is 1.21. The van der Waals surface area contributed by atoms with Crippen molar-refractivity contribution in [3.05, 3.63) is 11.8 Å². The van der Waals surface area contributed by atoms with Gasteiger partial charge in [0.15, 0.2) is 0 Å². The minimum atomic E-state index is -0.420. The maximum absolute atomic E-state index is 10.5. The zero-order valence-electron chi connectivity index (χ0n) is 5.41. The van der Waals surface area contributed by atoms with Crippen LogP contribution in [-0.4, -0.2) is 23.8 Å². The molecule has 1 heterocycles. The summed E-state index contributed by atoms with van der Waals surface area (Å²) in [5, 5.41) is 8.46. The van der Waals surface area contributed by atoms with Crippen LogP contribution in [0.2, 0.25) is 0 Å². The molecule has 0 aromatic heterocycles. The van der Waals surface area contributed by atoms with Crippen molar-refractivity contribution in [2.24, 2.45) is 5.73 Å². The molecule has 0 saturated heterocycles. The molecule has 1 unspecified atom stereocenters. The van der Waals surface area contributed by atoms with Crippen molar-refractivity contribution in [3.63, 3.8) is 0 Å². The van der Waals surface area contributed by atoms with Crippen LogP contribution in [0.15, 0.2) is 11.8 Å². The van der Waals surface area contributed by atoms with E-state index in [4.69, 9.17) is 15.6 Å². The molecule has 10 heavy (non-hydrogen) atoms. The number of hydrogen-bond donors (Lipinski definition) is 2. The van der Waals surface area contributed by atoms with Crippen LogP contribution >= 0.6 is 0 Å². The van der Waals surface area contributed by atoms with E-state index in [1.165, 1.54) is 6.08 Å². The molecule has 0 bridgehead atoms. The lowest BCUT2D eigenvalue weighted by atomic mass is 10.2. The van der Waals surface area contributed by atoms with E-state index in [0.29, 0.717) is 12.1 Å². The topological polar surface area (TPSA) is 72.6 Å². The third-order valence-corrected chi connectivity index (χ3v) is 1.31. The maximum atomic E-state index is 10.5. The molecule has 4 heteroatoms. The molecular formula is C6H9NO3. The first-order valence-corrected chi connectivity index (χ1v) is 3.02. The fraction of sp³-hybridized carbons (Fsp3) is 0.500. The highest BCUT2D eigenvalue weighted by Crippen LogP contribution is 2.12. The normalized spacial score (nSPS) is 24.3. The smallest absolute Gasteiger partial charge is 0.333 e. The fourth-order valence-corrected chi connectivity index (χ4v) is 0.814. The van der Waals surface area contributed by atoms with E-state index >= 15 is 0 Å². The predicted molar refractivity (Wildman–Crippen MR) is 33.9 cm³/mol. The summed E-state index contributed by atoms with van der Waals surface area (Å²) in [5.41, 5.74) is 5.76. The van der Waals surface area contributed by atoms with Gasteiger partial charge in [-0.15, -0.1) is 0 Å². The van der Waals surface area contributed by atoms with E-state index in [1.54, 1.807) is 0 Å². The SMILES string of the molecule is NC1=CC(=O)OC1CCO. The molecule has 0 fully saturated rings.